The lowest BCUT2D eigenvalue weighted by atomic mass is 9.83. The fraction of sp³-hybridized carbons (Fsp3) is 0.571. The summed E-state index contributed by atoms with van der Waals surface area (Å²) < 4.78 is 11.3. The summed E-state index contributed by atoms with van der Waals surface area (Å²) in [5.41, 5.74) is 6.57. The van der Waals surface area contributed by atoms with Crippen LogP contribution in [-0.4, -0.2) is 23.9 Å². The number of fused-ring (bicyclic) bond motifs is 1. The van der Waals surface area contributed by atoms with Crippen molar-refractivity contribution in [3.63, 3.8) is 0 Å². The van der Waals surface area contributed by atoms with Crippen LogP contribution in [0.25, 0.3) is 0 Å². The van der Waals surface area contributed by atoms with Gasteiger partial charge in [-0.1, -0.05) is 0 Å². The first-order valence-electron chi connectivity index (χ1n) is 6.47. The average Bonchev–Trinajstić information content (AvgIpc) is 2.85. The summed E-state index contributed by atoms with van der Waals surface area (Å²) in [6.45, 7) is 0. The second kappa shape index (κ2) is 5.19. The van der Waals surface area contributed by atoms with E-state index in [1.807, 2.05) is 18.2 Å². The van der Waals surface area contributed by atoms with Gasteiger partial charge in [0, 0.05) is 11.6 Å². The minimum atomic E-state index is -0.655. The van der Waals surface area contributed by atoms with Crippen molar-refractivity contribution in [1.29, 1.82) is 0 Å². The van der Waals surface area contributed by atoms with Crippen LogP contribution in [0, 0.1) is 0 Å². The van der Waals surface area contributed by atoms with Gasteiger partial charge in [-0.3, -0.25) is 0 Å². The van der Waals surface area contributed by atoms with E-state index in [-0.39, 0.29) is 18.4 Å². The summed E-state index contributed by atoms with van der Waals surface area (Å²) in [5.74, 6) is 1.45. The molecule has 1 aliphatic carbocycles. The van der Waals surface area contributed by atoms with E-state index in [1.54, 1.807) is 7.11 Å². The van der Waals surface area contributed by atoms with E-state index in [2.05, 4.69) is 0 Å². The van der Waals surface area contributed by atoms with Gasteiger partial charge in [0.25, 0.3) is 0 Å². The summed E-state index contributed by atoms with van der Waals surface area (Å²) in [4.78, 5) is 0. The molecule has 0 radical (unpaired) electrons. The molecular formula is C14H20ClNO3. The third-order valence-corrected chi connectivity index (χ3v) is 4.25. The van der Waals surface area contributed by atoms with Gasteiger partial charge in [-0.05, 0) is 37.8 Å². The molecule has 2 atom stereocenters. The van der Waals surface area contributed by atoms with E-state index >= 15 is 0 Å². The molecule has 1 spiro atoms. The fourth-order valence-corrected chi connectivity index (χ4v) is 3.15. The first-order valence-corrected chi connectivity index (χ1v) is 6.47. The normalized spacial score (nSPS) is 27.3. The summed E-state index contributed by atoms with van der Waals surface area (Å²) in [5, 5.41) is 10.4. The molecule has 1 aromatic carbocycles. The number of ether oxygens (including phenoxy) is 2. The highest BCUT2D eigenvalue weighted by Gasteiger charge is 2.49. The van der Waals surface area contributed by atoms with Gasteiger partial charge in [-0.25, -0.2) is 0 Å². The highest BCUT2D eigenvalue weighted by molar-refractivity contribution is 5.85. The van der Waals surface area contributed by atoms with Crippen molar-refractivity contribution in [1.82, 2.24) is 0 Å². The van der Waals surface area contributed by atoms with Crippen molar-refractivity contribution in [2.75, 3.05) is 7.11 Å². The summed E-state index contributed by atoms with van der Waals surface area (Å²) >= 11 is 0. The van der Waals surface area contributed by atoms with Crippen LogP contribution in [0.4, 0.5) is 0 Å². The Morgan fingerprint density at radius 3 is 2.68 bits per heavy atom. The van der Waals surface area contributed by atoms with Gasteiger partial charge >= 0.3 is 0 Å². The van der Waals surface area contributed by atoms with Gasteiger partial charge in [0.2, 0.25) is 0 Å². The molecule has 2 unspecified atom stereocenters. The zero-order chi connectivity index (χ0) is 12.8. The zero-order valence-electron chi connectivity index (χ0n) is 11.0. The van der Waals surface area contributed by atoms with E-state index in [0.29, 0.717) is 5.75 Å². The van der Waals surface area contributed by atoms with Crippen molar-refractivity contribution in [3.05, 3.63) is 23.8 Å². The van der Waals surface area contributed by atoms with Crippen molar-refractivity contribution in [2.45, 2.75) is 43.4 Å². The van der Waals surface area contributed by atoms with Crippen LogP contribution < -0.4 is 15.2 Å². The second-order valence-electron chi connectivity index (χ2n) is 5.25. The molecule has 3 N–H and O–H groups in total. The topological polar surface area (TPSA) is 64.7 Å². The molecule has 5 heteroatoms. The number of benzene rings is 1. The van der Waals surface area contributed by atoms with Gasteiger partial charge in [0.05, 0.1) is 13.2 Å². The quantitative estimate of drug-likeness (QED) is 0.830. The van der Waals surface area contributed by atoms with Crippen LogP contribution in [0.15, 0.2) is 18.2 Å². The minimum absolute atomic E-state index is 0. The van der Waals surface area contributed by atoms with Crippen LogP contribution in [0.3, 0.4) is 0 Å². The summed E-state index contributed by atoms with van der Waals surface area (Å²) in [6, 6.07) is 5.15. The zero-order valence-corrected chi connectivity index (χ0v) is 11.8. The van der Waals surface area contributed by atoms with Crippen LogP contribution in [0.5, 0.6) is 11.5 Å². The van der Waals surface area contributed by atoms with E-state index in [1.165, 1.54) is 0 Å². The lowest BCUT2D eigenvalue weighted by molar-refractivity contribution is -0.0317. The molecule has 1 aromatic rings. The van der Waals surface area contributed by atoms with Gasteiger partial charge < -0.3 is 20.3 Å². The van der Waals surface area contributed by atoms with Crippen LogP contribution in [0.1, 0.15) is 37.4 Å². The predicted molar refractivity (Wildman–Crippen MR) is 75.0 cm³/mol. The Bertz CT molecular complexity index is 460. The Labute approximate surface area is 119 Å². The largest absolute Gasteiger partial charge is 0.497 e. The number of methoxy groups -OCH3 is 1. The average molecular weight is 286 g/mol. The van der Waals surface area contributed by atoms with Crippen molar-refractivity contribution < 1.29 is 14.6 Å². The van der Waals surface area contributed by atoms with Crippen LogP contribution >= 0.6 is 12.4 Å². The van der Waals surface area contributed by atoms with Gasteiger partial charge in [-0.15, -0.1) is 12.4 Å². The number of hydrogen-bond acceptors (Lipinski definition) is 4. The lowest BCUT2D eigenvalue weighted by Gasteiger charge is -2.43. The molecule has 0 aromatic heterocycles. The second-order valence-corrected chi connectivity index (χ2v) is 5.25. The number of aliphatic hydroxyl groups is 1. The molecule has 3 rings (SSSR count). The molecule has 0 amide bonds. The van der Waals surface area contributed by atoms with E-state index in [4.69, 9.17) is 15.2 Å². The predicted octanol–water partition coefficient (Wildman–Crippen LogP) is 2.18. The van der Waals surface area contributed by atoms with Crippen molar-refractivity contribution in [3.8, 4) is 11.5 Å². The number of hydrogen-bond donors (Lipinski definition) is 2. The minimum Gasteiger partial charge on any atom is -0.497 e. The molecule has 2 aliphatic rings. The smallest absolute Gasteiger partial charge is 0.129 e. The Balaban J connectivity index is 0.00000133. The van der Waals surface area contributed by atoms with Crippen LogP contribution in [-0.2, 0) is 0 Å². The molecular weight excluding hydrogens is 266 g/mol. The molecule has 1 heterocycles. The molecule has 4 nitrogen and oxygen atoms in total. The SMILES string of the molecule is COc1ccc2c(c1)OC1(CCCC1)C(N)C2O.Cl. The number of aliphatic hydroxyl groups excluding tert-OH is 1. The maximum atomic E-state index is 10.4. The summed E-state index contributed by atoms with van der Waals surface area (Å²) in [7, 11) is 1.62. The Hall–Kier alpha value is -0.970. The van der Waals surface area contributed by atoms with E-state index in [0.717, 1.165) is 37.0 Å². The highest BCUT2D eigenvalue weighted by atomic mass is 35.5. The van der Waals surface area contributed by atoms with Gasteiger partial charge in [0.15, 0.2) is 0 Å². The maximum Gasteiger partial charge on any atom is 0.129 e. The molecule has 1 aliphatic heterocycles. The van der Waals surface area contributed by atoms with Crippen LogP contribution in [0.2, 0.25) is 0 Å². The van der Waals surface area contributed by atoms with Crippen molar-refractivity contribution >= 4 is 12.4 Å². The Kier molecular flexibility index (Phi) is 3.95. The third kappa shape index (κ3) is 2.18. The van der Waals surface area contributed by atoms with Gasteiger partial charge in [0.1, 0.15) is 23.2 Å². The molecule has 19 heavy (non-hydrogen) atoms. The number of nitrogens with two attached hydrogens (primary N) is 1. The molecule has 0 saturated heterocycles. The summed E-state index contributed by atoms with van der Waals surface area (Å²) in [6.07, 6.45) is 3.40. The molecule has 106 valence electrons. The van der Waals surface area contributed by atoms with Crippen molar-refractivity contribution in [2.24, 2.45) is 5.73 Å². The Morgan fingerprint density at radius 2 is 2.05 bits per heavy atom. The monoisotopic (exact) mass is 285 g/mol. The lowest BCUT2D eigenvalue weighted by Crippen LogP contribution is -2.56. The number of halogens is 1. The number of rotatable bonds is 1. The molecule has 1 saturated carbocycles. The standard InChI is InChI=1S/C14H19NO3.ClH/c1-17-9-4-5-10-11(8-9)18-14(6-2-3-7-14)13(15)12(10)16;/h4-5,8,12-13,16H,2-3,6-7,15H2,1H3;1H. The van der Waals surface area contributed by atoms with E-state index in [9.17, 15) is 5.11 Å². The molecule has 1 fully saturated rings. The Morgan fingerprint density at radius 1 is 1.37 bits per heavy atom. The maximum absolute atomic E-state index is 10.4. The fourth-order valence-electron chi connectivity index (χ4n) is 3.15. The van der Waals surface area contributed by atoms with Gasteiger partial charge in [-0.2, -0.15) is 0 Å². The highest BCUT2D eigenvalue weighted by Crippen LogP contribution is 2.47. The molecule has 0 bridgehead atoms. The first kappa shape index (κ1) is 14.4. The first-order chi connectivity index (χ1) is 8.66. The third-order valence-electron chi connectivity index (χ3n) is 4.25. The van der Waals surface area contributed by atoms with E-state index < -0.39 is 11.7 Å².